The number of aromatic nitrogens is 5. The van der Waals surface area contributed by atoms with Gasteiger partial charge in [-0.3, -0.25) is 0 Å². The Balaban J connectivity index is 1.55. The number of nitrogens with zero attached hydrogens (tertiary/aromatic N) is 5. The van der Waals surface area contributed by atoms with Crippen molar-refractivity contribution in [3.63, 3.8) is 0 Å². The highest BCUT2D eigenvalue weighted by Crippen LogP contribution is 2.39. The van der Waals surface area contributed by atoms with Crippen LogP contribution in [0.4, 0.5) is 19.0 Å². The third-order valence-corrected chi connectivity index (χ3v) is 4.84. The van der Waals surface area contributed by atoms with Gasteiger partial charge in [-0.1, -0.05) is 18.2 Å². The number of anilines is 1. The second-order valence-corrected chi connectivity index (χ2v) is 6.43. The number of hydrogen-bond donors (Lipinski definition) is 1. The van der Waals surface area contributed by atoms with Crippen LogP contribution in [0.15, 0.2) is 42.9 Å². The Hall–Kier alpha value is -2.97. The fraction of sp³-hybridized carbons (Fsp3) is 0.333. The van der Waals surface area contributed by atoms with E-state index in [4.69, 9.17) is 0 Å². The van der Waals surface area contributed by atoms with Gasteiger partial charge in [0.25, 0.3) is 0 Å². The smallest absolute Gasteiger partial charge is 0.355 e. The van der Waals surface area contributed by atoms with Crippen LogP contribution in [-0.4, -0.2) is 38.5 Å². The first kappa shape index (κ1) is 17.4. The molecule has 2 aromatic heterocycles. The van der Waals surface area contributed by atoms with E-state index in [2.05, 4.69) is 25.4 Å². The summed E-state index contributed by atoms with van der Waals surface area (Å²) in [5.74, 6) is 0.542. The van der Waals surface area contributed by atoms with Gasteiger partial charge in [0.15, 0.2) is 5.82 Å². The molecule has 1 saturated heterocycles. The Morgan fingerprint density at radius 2 is 1.78 bits per heavy atom. The SMILES string of the molecule is FC(F)(F)c1ccccc1C1CCN(c2nccnc2-c2cn[nH]n2)CC1. The second kappa shape index (κ2) is 6.98. The van der Waals surface area contributed by atoms with Crippen molar-refractivity contribution in [3.8, 4) is 11.4 Å². The van der Waals surface area contributed by atoms with Crippen molar-refractivity contribution in [2.75, 3.05) is 18.0 Å². The molecule has 0 saturated carbocycles. The highest BCUT2D eigenvalue weighted by Gasteiger charge is 2.36. The molecule has 1 fully saturated rings. The molecule has 0 amide bonds. The number of benzene rings is 1. The van der Waals surface area contributed by atoms with Gasteiger partial charge in [0.05, 0.1) is 11.8 Å². The van der Waals surface area contributed by atoms with Crippen LogP contribution in [0.3, 0.4) is 0 Å². The fourth-order valence-corrected chi connectivity index (χ4v) is 3.57. The average Bonchev–Trinajstić information content (AvgIpc) is 3.22. The van der Waals surface area contributed by atoms with Crippen molar-refractivity contribution in [2.24, 2.45) is 0 Å². The minimum absolute atomic E-state index is 0.133. The largest absolute Gasteiger partial charge is 0.416 e. The van der Waals surface area contributed by atoms with E-state index in [-0.39, 0.29) is 5.92 Å². The molecule has 3 heterocycles. The lowest BCUT2D eigenvalue weighted by molar-refractivity contribution is -0.138. The summed E-state index contributed by atoms with van der Waals surface area (Å²) in [5.41, 5.74) is 1.04. The quantitative estimate of drug-likeness (QED) is 0.758. The number of nitrogens with one attached hydrogen (secondary N) is 1. The third-order valence-electron chi connectivity index (χ3n) is 4.84. The Kier molecular flexibility index (Phi) is 4.51. The van der Waals surface area contributed by atoms with E-state index in [1.165, 1.54) is 6.07 Å². The standard InChI is InChI=1S/C18H17F3N6/c19-18(20,21)14-4-2-1-3-13(14)12-5-9-27(10-6-12)17-16(22-7-8-23-17)15-11-24-26-25-15/h1-4,7-8,11-12H,5-6,9-10H2,(H,24,25,26). The first-order valence-electron chi connectivity index (χ1n) is 8.62. The van der Waals surface area contributed by atoms with E-state index < -0.39 is 11.7 Å². The summed E-state index contributed by atoms with van der Waals surface area (Å²) in [7, 11) is 0. The zero-order valence-corrected chi connectivity index (χ0v) is 14.3. The molecule has 6 nitrogen and oxygen atoms in total. The number of rotatable bonds is 3. The van der Waals surface area contributed by atoms with Gasteiger partial charge in [-0.25, -0.2) is 9.97 Å². The van der Waals surface area contributed by atoms with Crippen molar-refractivity contribution in [1.29, 1.82) is 0 Å². The zero-order valence-electron chi connectivity index (χ0n) is 14.3. The number of piperidine rings is 1. The van der Waals surface area contributed by atoms with Crippen LogP contribution in [0.25, 0.3) is 11.4 Å². The molecular formula is C18H17F3N6. The number of aromatic amines is 1. The summed E-state index contributed by atoms with van der Waals surface area (Å²) >= 11 is 0. The van der Waals surface area contributed by atoms with E-state index in [1.807, 2.05) is 4.90 Å². The van der Waals surface area contributed by atoms with Gasteiger partial charge in [-0.2, -0.15) is 28.6 Å². The number of H-pyrrole nitrogens is 1. The van der Waals surface area contributed by atoms with Gasteiger partial charge in [0.1, 0.15) is 11.4 Å². The normalized spacial score (nSPS) is 15.9. The summed E-state index contributed by atoms with van der Waals surface area (Å²) in [6.45, 7) is 1.20. The van der Waals surface area contributed by atoms with E-state index >= 15 is 0 Å². The van der Waals surface area contributed by atoms with Gasteiger partial charge in [0.2, 0.25) is 0 Å². The van der Waals surface area contributed by atoms with Crippen LogP contribution < -0.4 is 4.90 Å². The third kappa shape index (κ3) is 3.49. The first-order valence-corrected chi connectivity index (χ1v) is 8.62. The second-order valence-electron chi connectivity index (χ2n) is 6.43. The molecule has 0 aliphatic carbocycles. The molecular weight excluding hydrogens is 357 g/mol. The van der Waals surface area contributed by atoms with Gasteiger partial charge in [0, 0.05) is 25.5 Å². The molecule has 1 aromatic carbocycles. The Morgan fingerprint density at radius 3 is 2.48 bits per heavy atom. The molecule has 0 spiro atoms. The molecule has 27 heavy (non-hydrogen) atoms. The minimum Gasteiger partial charge on any atom is -0.355 e. The monoisotopic (exact) mass is 374 g/mol. The maximum atomic E-state index is 13.3. The van der Waals surface area contributed by atoms with Gasteiger partial charge >= 0.3 is 6.18 Å². The molecule has 4 rings (SSSR count). The lowest BCUT2D eigenvalue weighted by atomic mass is 9.86. The fourth-order valence-electron chi connectivity index (χ4n) is 3.57. The number of hydrogen-bond acceptors (Lipinski definition) is 5. The highest BCUT2D eigenvalue weighted by molar-refractivity contribution is 5.68. The molecule has 0 atom stereocenters. The molecule has 9 heteroatoms. The molecule has 0 bridgehead atoms. The van der Waals surface area contributed by atoms with Crippen LogP contribution in [-0.2, 0) is 6.18 Å². The molecule has 140 valence electrons. The molecule has 1 aliphatic rings. The van der Waals surface area contributed by atoms with Gasteiger partial charge < -0.3 is 4.90 Å². The molecule has 0 unspecified atom stereocenters. The zero-order chi connectivity index (χ0) is 18.9. The molecule has 0 radical (unpaired) electrons. The van der Waals surface area contributed by atoms with E-state index in [9.17, 15) is 13.2 Å². The van der Waals surface area contributed by atoms with Crippen molar-refractivity contribution in [3.05, 3.63) is 54.0 Å². The summed E-state index contributed by atoms with van der Waals surface area (Å²) < 4.78 is 39.9. The molecule has 3 aromatic rings. The summed E-state index contributed by atoms with van der Waals surface area (Å²) in [6.07, 6.45) is 1.65. The van der Waals surface area contributed by atoms with Crippen LogP contribution in [0.5, 0.6) is 0 Å². The lowest BCUT2D eigenvalue weighted by Gasteiger charge is -2.34. The van der Waals surface area contributed by atoms with Crippen molar-refractivity contribution in [1.82, 2.24) is 25.4 Å². The van der Waals surface area contributed by atoms with Gasteiger partial charge in [-0.05, 0) is 30.4 Å². The maximum absolute atomic E-state index is 13.3. The predicted molar refractivity (Wildman–Crippen MR) is 93.0 cm³/mol. The summed E-state index contributed by atoms with van der Waals surface area (Å²) in [6, 6.07) is 5.85. The maximum Gasteiger partial charge on any atom is 0.416 e. The highest BCUT2D eigenvalue weighted by atomic mass is 19.4. The summed E-state index contributed by atoms with van der Waals surface area (Å²) in [5, 5.41) is 10.4. The van der Waals surface area contributed by atoms with Crippen molar-refractivity contribution < 1.29 is 13.2 Å². The molecule has 1 N–H and O–H groups in total. The van der Waals surface area contributed by atoms with Crippen LogP contribution in [0, 0.1) is 0 Å². The number of halogens is 3. The van der Waals surface area contributed by atoms with Gasteiger partial charge in [-0.15, -0.1) is 0 Å². The number of alkyl halides is 3. The minimum atomic E-state index is -4.33. The first-order chi connectivity index (χ1) is 13.0. The van der Waals surface area contributed by atoms with Crippen LogP contribution in [0.1, 0.15) is 29.9 Å². The lowest BCUT2D eigenvalue weighted by Crippen LogP contribution is -2.34. The van der Waals surface area contributed by atoms with Crippen molar-refractivity contribution >= 4 is 5.82 Å². The predicted octanol–water partition coefficient (Wildman–Crippen LogP) is 3.66. The topological polar surface area (TPSA) is 70.6 Å². The Morgan fingerprint density at radius 1 is 1.04 bits per heavy atom. The van der Waals surface area contributed by atoms with Crippen LogP contribution >= 0.6 is 0 Å². The van der Waals surface area contributed by atoms with Crippen LogP contribution in [0.2, 0.25) is 0 Å². The Labute approximate surface area is 153 Å². The van der Waals surface area contributed by atoms with Crippen molar-refractivity contribution in [2.45, 2.75) is 24.9 Å². The Bertz CT molecular complexity index is 901. The van der Waals surface area contributed by atoms with E-state index in [0.29, 0.717) is 48.7 Å². The van der Waals surface area contributed by atoms with E-state index in [0.717, 1.165) is 6.07 Å². The molecule has 1 aliphatic heterocycles. The van der Waals surface area contributed by atoms with E-state index in [1.54, 1.807) is 30.7 Å². The summed E-state index contributed by atoms with van der Waals surface area (Å²) in [4.78, 5) is 10.8. The average molecular weight is 374 g/mol.